The summed E-state index contributed by atoms with van der Waals surface area (Å²) in [7, 11) is 1.76. The molecule has 1 saturated carbocycles. The summed E-state index contributed by atoms with van der Waals surface area (Å²) >= 11 is 1.87. The van der Waals surface area contributed by atoms with E-state index in [4.69, 9.17) is 0 Å². The maximum absolute atomic E-state index is 11.3. The first-order chi connectivity index (χ1) is 9.53. The van der Waals surface area contributed by atoms with Gasteiger partial charge < -0.3 is 5.32 Å². The summed E-state index contributed by atoms with van der Waals surface area (Å²) in [5, 5.41) is 18.8. The third-order valence-electron chi connectivity index (χ3n) is 4.14. The lowest BCUT2D eigenvalue weighted by molar-refractivity contribution is -0.384. The van der Waals surface area contributed by atoms with Crippen LogP contribution in [0.4, 0.5) is 11.5 Å². The molecule has 1 aliphatic carbocycles. The van der Waals surface area contributed by atoms with E-state index in [0.717, 1.165) is 6.54 Å². The fourth-order valence-corrected chi connectivity index (χ4v) is 3.83. The smallest absolute Gasteiger partial charge is 0.333 e. The highest BCUT2D eigenvalue weighted by atomic mass is 32.2. The van der Waals surface area contributed by atoms with Gasteiger partial charge in [-0.05, 0) is 25.5 Å². The van der Waals surface area contributed by atoms with Gasteiger partial charge in [0.2, 0.25) is 5.82 Å². The molecule has 0 spiro atoms. The molecule has 1 aliphatic rings. The highest BCUT2D eigenvalue weighted by Gasteiger charge is 2.34. The van der Waals surface area contributed by atoms with Gasteiger partial charge in [-0.2, -0.15) is 16.9 Å². The van der Waals surface area contributed by atoms with Crippen LogP contribution in [0.15, 0.2) is 0 Å². The van der Waals surface area contributed by atoms with Crippen LogP contribution in [-0.2, 0) is 13.5 Å². The maximum Gasteiger partial charge on any atom is 0.333 e. The Labute approximate surface area is 123 Å². The molecular weight excluding hydrogens is 276 g/mol. The monoisotopic (exact) mass is 298 g/mol. The van der Waals surface area contributed by atoms with Gasteiger partial charge in [-0.25, -0.2) is 4.68 Å². The van der Waals surface area contributed by atoms with Crippen LogP contribution in [-0.4, -0.2) is 32.3 Å². The van der Waals surface area contributed by atoms with Gasteiger partial charge in [0, 0.05) is 18.3 Å². The number of aromatic nitrogens is 2. The molecule has 1 N–H and O–H groups in total. The molecule has 0 bridgehead atoms. The minimum Gasteiger partial charge on any atom is -0.363 e. The first kappa shape index (κ1) is 15.2. The van der Waals surface area contributed by atoms with Gasteiger partial charge in [0.1, 0.15) is 5.69 Å². The van der Waals surface area contributed by atoms with Crippen molar-refractivity contribution in [1.82, 2.24) is 9.78 Å². The Hall–Kier alpha value is -1.24. The number of nitro groups is 1. The maximum atomic E-state index is 11.3. The lowest BCUT2D eigenvalue weighted by Crippen LogP contribution is -2.30. The molecule has 112 valence electrons. The lowest BCUT2D eigenvalue weighted by Gasteiger charge is -2.27. The van der Waals surface area contributed by atoms with E-state index in [-0.39, 0.29) is 15.4 Å². The van der Waals surface area contributed by atoms with E-state index < -0.39 is 0 Å². The first-order valence-electron chi connectivity index (χ1n) is 7.02. The van der Waals surface area contributed by atoms with Crippen LogP contribution in [0.1, 0.15) is 38.3 Å². The van der Waals surface area contributed by atoms with Crippen molar-refractivity contribution in [2.45, 2.75) is 43.8 Å². The van der Waals surface area contributed by atoms with Crippen LogP contribution in [0.25, 0.3) is 0 Å². The van der Waals surface area contributed by atoms with Crippen molar-refractivity contribution in [2.24, 2.45) is 7.05 Å². The molecule has 0 aromatic carbocycles. The average molecular weight is 298 g/mol. The van der Waals surface area contributed by atoms with Crippen LogP contribution >= 0.6 is 11.8 Å². The molecule has 0 radical (unpaired) electrons. The molecule has 0 atom stereocenters. The molecule has 0 aliphatic heterocycles. The summed E-state index contributed by atoms with van der Waals surface area (Å²) in [6.45, 7) is 2.65. The van der Waals surface area contributed by atoms with Crippen molar-refractivity contribution >= 4 is 23.3 Å². The molecule has 1 fully saturated rings. The van der Waals surface area contributed by atoms with Gasteiger partial charge in [0.25, 0.3) is 0 Å². The molecule has 20 heavy (non-hydrogen) atoms. The molecule has 7 heteroatoms. The van der Waals surface area contributed by atoms with Crippen LogP contribution in [0.2, 0.25) is 0 Å². The van der Waals surface area contributed by atoms with Crippen molar-refractivity contribution < 1.29 is 4.92 Å². The Morgan fingerprint density at radius 2 is 2.15 bits per heavy atom. The Balaban J connectivity index is 2.20. The summed E-state index contributed by atoms with van der Waals surface area (Å²) in [4.78, 5) is 10.9. The number of thioether (sulfide) groups is 1. The number of hydrogen-bond donors (Lipinski definition) is 1. The number of hydrogen-bond acceptors (Lipinski definition) is 5. The summed E-state index contributed by atoms with van der Waals surface area (Å²) < 4.78 is 1.81. The zero-order chi connectivity index (χ0) is 14.8. The van der Waals surface area contributed by atoms with Gasteiger partial charge in [-0.1, -0.05) is 19.8 Å². The van der Waals surface area contributed by atoms with E-state index in [2.05, 4.69) is 16.7 Å². The fourth-order valence-electron chi connectivity index (χ4n) is 2.91. The zero-order valence-electron chi connectivity index (χ0n) is 12.3. The SMILES string of the molecule is CCc1nn(C)c(NCC2(SC)CCCC2)c1[N+](=O)[O-]. The Morgan fingerprint density at radius 3 is 2.65 bits per heavy atom. The molecule has 1 aromatic rings. The van der Waals surface area contributed by atoms with E-state index in [1.807, 2.05) is 18.7 Å². The second kappa shape index (κ2) is 6.03. The Morgan fingerprint density at radius 1 is 1.50 bits per heavy atom. The van der Waals surface area contributed by atoms with Crippen molar-refractivity contribution in [3.63, 3.8) is 0 Å². The zero-order valence-corrected chi connectivity index (χ0v) is 13.1. The van der Waals surface area contributed by atoms with Crippen molar-refractivity contribution in [3.8, 4) is 0 Å². The van der Waals surface area contributed by atoms with Crippen molar-refractivity contribution in [3.05, 3.63) is 15.8 Å². The normalized spacial score (nSPS) is 17.4. The summed E-state index contributed by atoms with van der Waals surface area (Å²) in [6.07, 6.45) is 7.54. The number of anilines is 1. The summed E-state index contributed by atoms with van der Waals surface area (Å²) in [6, 6.07) is 0. The number of aryl methyl sites for hydroxylation is 2. The first-order valence-corrected chi connectivity index (χ1v) is 8.25. The van der Waals surface area contributed by atoms with Crippen LogP contribution < -0.4 is 5.32 Å². The molecule has 2 rings (SSSR count). The topological polar surface area (TPSA) is 73.0 Å². The molecule has 0 unspecified atom stereocenters. The molecule has 0 amide bonds. The summed E-state index contributed by atoms with van der Waals surface area (Å²) in [5.74, 6) is 0.534. The Bertz CT molecular complexity index is 495. The molecular formula is C13H22N4O2S. The second-order valence-electron chi connectivity index (χ2n) is 5.33. The number of rotatable bonds is 6. The number of nitrogens with one attached hydrogen (secondary N) is 1. The number of nitrogens with zero attached hydrogens (tertiary/aromatic N) is 3. The fraction of sp³-hybridized carbons (Fsp3) is 0.769. The van der Waals surface area contributed by atoms with Gasteiger partial charge in [-0.15, -0.1) is 0 Å². The molecule has 1 heterocycles. The quantitative estimate of drug-likeness (QED) is 0.645. The van der Waals surface area contributed by atoms with Gasteiger partial charge >= 0.3 is 5.69 Å². The molecule has 6 nitrogen and oxygen atoms in total. The lowest BCUT2D eigenvalue weighted by atomic mass is 10.1. The van der Waals surface area contributed by atoms with Gasteiger partial charge in [0.15, 0.2) is 0 Å². The standard InChI is InChI=1S/C13H22N4O2S/c1-4-10-11(17(18)19)12(16(2)15-10)14-9-13(20-3)7-5-6-8-13/h14H,4-9H2,1-3H3. The summed E-state index contributed by atoms with van der Waals surface area (Å²) in [5.41, 5.74) is 0.675. The molecule has 1 aromatic heterocycles. The van der Waals surface area contributed by atoms with E-state index in [1.54, 1.807) is 11.7 Å². The van der Waals surface area contributed by atoms with Crippen LogP contribution in [0.5, 0.6) is 0 Å². The third-order valence-corrected chi connectivity index (χ3v) is 5.55. The van der Waals surface area contributed by atoms with Gasteiger partial charge in [0.05, 0.1) is 4.92 Å². The minimum atomic E-state index is -0.325. The largest absolute Gasteiger partial charge is 0.363 e. The molecule has 0 saturated heterocycles. The van der Waals surface area contributed by atoms with E-state index in [1.165, 1.54) is 25.7 Å². The average Bonchev–Trinajstić information content (AvgIpc) is 3.01. The van der Waals surface area contributed by atoms with E-state index >= 15 is 0 Å². The van der Waals surface area contributed by atoms with E-state index in [0.29, 0.717) is 17.9 Å². The van der Waals surface area contributed by atoms with Crippen LogP contribution in [0.3, 0.4) is 0 Å². The minimum absolute atomic E-state index is 0.129. The Kier molecular flexibility index (Phi) is 4.57. The van der Waals surface area contributed by atoms with Crippen molar-refractivity contribution in [2.75, 3.05) is 18.1 Å². The second-order valence-corrected chi connectivity index (χ2v) is 6.60. The van der Waals surface area contributed by atoms with Gasteiger partial charge in [-0.3, -0.25) is 10.1 Å². The van der Waals surface area contributed by atoms with E-state index in [9.17, 15) is 10.1 Å². The predicted molar refractivity (Wildman–Crippen MR) is 82.4 cm³/mol. The van der Waals surface area contributed by atoms with Crippen LogP contribution in [0, 0.1) is 10.1 Å². The van der Waals surface area contributed by atoms with Crippen molar-refractivity contribution in [1.29, 1.82) is 0 Å². The highest BCUT2D eigenvalue weighted by Crippen LogP contribution is 2.41. The highest BCUT2D eigenvalue weighted by molar-refractivity contribution is 8.00. The third kappa shape index (κ3) is 2.77. The predicted octanol–water partition coefficient (Wildman–Crippen LogP) is 2.98.